The maximum Gasteiger partial charge on any atom is 0.224 e. The largest absolute Gasteiger partial charge is 0.369 e. The summed E-state index contributed by atoms with van der Waals surface area (Å²) in [6.07, 6.45) is 1.89. The molecule has 2 nitrogen and oxygen atoms in total. The lowest BCUT2D eigenvalue weighted by Gasteiger charge is -2.07. The van der Waals surface area contributed by atoms with Crippen molar-refractivity contribution in [2.75, 3.05) is 0 Å². The van der Waals surface area contributed by atoms with Crippen molar-refractivity contribution in [3.8, 4) is 0 Å². The van der Waals surface area contributed by atoms with Crippen LogP contribution in [0.2, 0.25) is 0 Å². The Morgan fingerprint density at radius 3 is 2.30 bits per heavy atom. The Morgan fingerprint density at radius 1 is 1.50 bits per heavy atom. The van der Waals surface area contributed by atoms with Crippen LogP contribution in [0.25, 0.3) is 0 Å². The van der Waals surface area contributed by atoms with E-state index in [-0.39, 0.29) is 5.91 Å². The van der Waals surface area contributed by atoms with Gasteiger partial charge in [0.2, 0.25) is 5.91 Å². The highest BCUT2D eigenvalue weighted by Gasteiger charge is 2.09. The average Bonchev–Trinajstić information content (AvgIpc) is 1.82. The minimum Gasteiger partial charge on any atom is -0.369 e. The third kappa shape index (κ3) is 4.36. The van der Waals surface area contributed by atoms with E-state index in [2.05, 4.69) is 13.8 Å². The standard InChI is InChI=1S/C8H16NO/c1-6(2)4-5-7(3)8(9)10/h6H,4-5H2,1-3H3,(H2,9,10). The molecule has 2 heteroatoms. The Bertz CT molecular complexity index is 110. The number of hydrogen-bond acceptors (Lipinski definition) is 1. The highest BCUT2D eigenvalue weighted by molar-refractivity contribution is 5.87. The molecule has 0 rings (SSSR count). The molecule has 1 amide bonds. The molecule has 2 N–H and O–H groups in total. The molecule has 0 aliphatic heterocycles. The van der Waals surface area contributed by atoms with Crippen LogP contribution in [0.5, 0.6) is 0 Å². The van der Waals surface area contributed by atoms with Crippen molar-refractivity contribution >= 4 is 5.91 Å². The molecule has 0 aromatic carbocycles. The molecule has 0 spiro atoms. The zero-order valence-corrected chi connectivity index (χ0v) is 6.98. The maximum absolute atomic E-state index is 10.5. The third-order valence-electron chi connectivity index (χ3n) is 1.52. The molecule has 0 aromatic rings. The fourth-order valence-electron chi connectivity index (χ4n) is 0.628. The van der Waals surface area contributed by atoms with Crippen LogP contribution < -0.4 is 5.73 Å². The second-order valence-corrected chi connectivity index (χ2v) is 3.08. The molecular formula is C8H16NO. The second-order valence-electron chi connectivity index (χ2n) is 3.08. The molecule has 10 heavy (non-hydrogen) atoms. The zero-order valence-electron chi connectivity index (χ0n) is 6.98. The molecule has 0 fully saturated rings. The predicted octanol–water partition coefficient (Wildman–Crippen LogP) is 1.50. The van der Waals surface area contributed by atoms with Gasteiger partial charge in [-0.3, -0.25) is 4.79 Å². The topological polar surface area (TPSA) is 43.1 Å². The van der Waals surface area contributed by atoms with Gasteiger partial charge in [-0.2, -0.15) is 0 Å². The quantitative estimate of drug-likeness (QED) is 0.635. The van der Waals surface area contributed by atoms with Crippen LogP contribution in [0.1, 0.15) is 33.6 Å². The Hall–Kier alpha value is -0.530. The summed E-state index contributed by atoms with van der Waals surface area (Å²) in [6, 6.07) is 0. The van der Waals surface area contributed by atoms with Crippen LogP contribution in [0, 0.1) is 11.8 Å². The highest BCUT2D eigenvalue weighted by Crippen LogP contribution is 2.12. The lowest BCUT2D eigenvalue weighted by molar-refractivity contribution is -0.116. The van der Waals surface area contributed by atoms with Gasteiger partial charge in [0.1, 0.15) is 0 Å². The fraction of sp³-hybridized carbons (Fsp3) is 0.750. The third-order valence-corrected chi connectivity index (χ3v) is 1.52. The molecular weight excluding hydrogens is 126 g/mol. The normalized spacial score (nSPS) is 10.9. The minimum absolute atomic E-state index is 0.263. The van der Waals surface area contributed by atoms with Crippen molar-refractivity contribution < 1.29 is 4.79 Å². The molecule has 0 unspecified atom stereocenters. The Labute approximate surface area is 62.8 Å². The van der Waals surface area contributed by atoms with E-state index in [9.17, 15) is 4.79 Å². The number of carbonyl (C=O) groups excluding carboxylic acids is 1. The summed E-state index contributed by atoms with van der Waals surface area (Å²) >= 11 is 0. The summed E-state index contributed by atoms with van der Waals surface area (Å²) in [4.78, 5) is 10.5. The van der Waals surface area contributed by atoms with E-state index in [0.29, 0.717) is 5.92 Å². The van der Waals surface area contributed by atoms with Crippen LogP contribution in [-0.4, -0.2) is 5.91 Å². The SMILES string of the molecule is C[C](CCC(C)C)C(N)=O. The first-order chi connectivity index (χ1) is 4.54. The van der Waals surface area contributed by atoms with E-state index in [0.717, 1.165) is 18.8 Å². The molecule has 0 saturated carbocycles. The van der Waals surface area contributed by atoms with Crippen molar-refractivity contribution in [1.29, 1.82) is 0 Å². The first kappa shape index (κ1) is 9.47. The van der Waals surface area contributed by atoms with Gasteiger partial charge in [-0.05, 0) is 25.7 Å². The van der Waals surface area contributed by atoms with Crippen molar-refractivity contribution in [2.45, 2.75) is 33.6 Å². The Morgan fingerprint density at radius 2 is 2.00 bits per heavy atom. The average molecular weight is 142 g/mol. The van der Waals surface area contributed by atoms with E-state index >= 15 is 0 Å². The number of hydrogen-bond donors (Lipinski definition) is 1. The highest BCUT2D eigenvalue weighted by atomic mass is 16.1. The van der Waals surface area contributed by atoms with Crippen LogP contribution >= 0.6 is 0 Å². The summed E-state index contributed by atoms with van der Waals surface area (Å²) in [5.74, 6) is 1.17. The van der Waals surface area contributed by atoms with Gasteiger partial charge in [-0.1, -0.05) is 13.8 Å². The Kier molecular flexibility index (Phi) is 4.08. The molecule has 0 heterocycles. The first-order valence-corrected chi connectivity index (χ1v) is 3.66. The molecule has 1 radical (unpaired) electrons. The molecule has 0 aliphatic rings. The van der Waals surface area contributed by atoms with Gasteiger partial charge in [0, 0.05) is 0 Å². The van der Waals surface area contributed by atoms with E-state index in [1.807, 2.05) is 0 Å². The van der Waals surface area contributed by atoms with Gasteiger partial charge >= 0.3 is 0 Å². The van der Waals surface area contributed by atoms with E-state index in [1.165, 1.54) is 0 Å². The number of amides is 1. The molecule has 0 aliphatic carbocycles. The minimum atomic E-state index is -0.263. The zero-order chi connectivity index (χ0) is 8.15. The summed E-state index contributed by atoms with van der Waals surface area (Å²) < 4.78 is 0. The van der Waals surface area contributed by atoms with Gasteiger partial charge in [0.25, 0.3) is 0 Å². The van der Waals surface area contributed by atoms with Gasteiger partial charge in [0.15, 0.2) is 0 Å². The molecule has 0 bridgehead atoms. The van der Waals surface area contributed by atoms with Crippen molar-refractivity contribution in [1.82, 2.24) is 0 Å². The van der Waals surface area contributed by atoms with E-state index in [4.69, 9.17) is 5.73 Å². The number of rotatable bonds is 4. The van der Waals surface area contributed by atoms with Crippen molar-refractivity contribution in [3.05, 3.63) is 5.92 Å². The summed E-state index contributed by atoms with van der Waals surface area (Å²) in [5.41, 5.74) is 5.05. The summed E-state index contributed by atoms with van der Waals surface area (Å²) in [7, 11) is 0. The molecule has 0 atom stereocenters. The molecule has 59 valence electrons. The van der Waals surface area contributed by atoms with Crippen LogP contribution in [0.15, 0.2) is 0 Å². The van der Waals surface area contributed by atoms with Crippen molar-refractivity contribution in [2.24, 2.45) is 11.7 Å². The molecule has 0 aromatic heterocycles. The van der Waals surface area contributed by atoms with E-state index < -0.39 is 0 Å². The monoisotopic (exact) mass is 142 g/mol. The van der Waals surface area contributed by atoms with Crippen LogP contribution in [-0.2, 0) is 4.79 Å². The first-order valence-electron chi connectivity index (χ1n) is 3.66. The van der Waals surface area contributed by atoms with Crippen LogP contribution in [0.3, 0.4) is 0 Å². The summed E-state index contributed by atoms with van der Waals surface area (Å²) in [6.45, 7) is 6.06. The maximum atomic E-state index is 10.5. The second kappa shape index (κ2) is 4.31. The predicted molar refractivity (Wildman–Crippen MR) is 42.2 cm³/mol. The fourth-order valence-corrected chi connectivity index (χ4v) is 0.628. The smallest absolute Gasteiger partial charge is 0.224 e. The van der Waals surface area contributed by atoms with Crippen LogP contribution in [0.4, 0.5) is 0 Å². The van der Waals surface area contributed by atoms with Gasteiger partial charge in [-0.15, -0.1) is 0 Å². The van der Waals surface area contributed by atoms with Gasteiger partial charge < -0.3 is 5.73 Å². The number of primary amides is 1. The summed E-state index contributed by atoms with van der Waals surface area (Å²) in [5, 5.41) is 0. The molecule has 0 saturated heterocycles. The number of nitrogens with two attached hydrogens (primary N) is 1. The van der Waals surface area contributed by atoms with Gasteiger partial charge in [-0.25, -0.2) is 0 Å². The Balaban J connectivity index is 3.40. The van der Waals surface area contributed by atoms with Gasteiger partial charge in [0.05, 0.1) is 5.92 Å². The lowest BCUT2D eigenvalue weighted by atomic mass is 9.99. The van der Waals surface area contributed by atoms with E-state index in [1.54, 1.807) is 6.92 Å². The van der Waals surface area contributed by atoms with Crippen molar-refractivity contribution in [3.63, 3.8) is 0 Å². The lowest BCUT2D eigenvalue weighted by Crippen LogP contribution is -2.18. The number of carbonyl (C=O) groups is 1.